The van der Waals surface area contributed by atoms with Crippen LogP contribution in [0.15, 0.2) is 39.0 Å². The molecule has 0 atom stereocenters. The lowest BCUT2D eigenvalue weighted by Crippen LogP contribution is -1.78. The van der Waals surface area contributed by atoms with Gasteiger partial charge in [0.25, 0.3) is 0 Å². The van der Waals surface area contributed by atoms with Gasteiger partial charge in [-0.2, -0.15) is 22.7 Å². The summed E-state index contributed by atoms with van der Waals surface area (Å²) in [6.07, 6.45) is 3.78. The number of aryl methyl sites for hydroxylation is 1. The fourth-order valence-electron chi connectivity index (χ4n) is 2.17. The molecule has 98 valence electrons. The van der Waals surface area contributed by atoms with Crippen molar-refractivity contribution < 1.29 is 0 Å². The minimum absolute atomic E-state index is 1.22. The second-order valence-electron chi connectivity index (χ2n) is 4.62. The van der Waals surface area contributed by atoms with Crippen molar-refractivity contribution in [1.82, 2.24) is 0 Å². The third kappa shape index (κ3) is 2.83. The first-order valence-electron chi connectivity index (χ1n) is 6.55. The zero-order chi connectivity index (χ0) is 13.1. The summed E-state index contributed by atoms with van der Waals surface area (Å²) in [5.74, 6) is 0. The summed E-state index contributed by atoms with van der Waals surface area (Å²) in [7, 11) is 0. The second kappa shape index (κ2) is 6.04. The highest BCUT2D eigenvalue weighted by Gasteiger charge is 2.10. The van der Waals surface area contributed by atoms with E-state index in [2.05, 4.69) is 46.0 Å². The third-order valence-electron chi connectivity index (χ3n) is 3.24. The maximum atomic E-state index is 2.37. The first-order chi connectivity index (χ1) is 9.38. The van der Waals surface area contributed by atoms with Gasteiger partial charge in [0.05, 0.1) is 0 Å². The number of unbranched alkanes of at least 4 members (excludes halogenated alkanes) is 1. The first kappa shape index (κ1) is 13.1. The van der Waals surface area contributed by atoms with Crippen molar-refractivity contribution in [2.24, 2.45) is 0 Å². The van der Waals surface area contributed by atoms with Gasteiger partial charge in [-0.3, -0.25) is 0 Å². The highest BCUT2D eigenvalue weighted by Crippen LogP contribution is 2.38. The van der Waals surface area contributed by atoms with E-state index in [4.69, 9.17) is 0 Å². The van der Waals surface area contributed by atoms with E-state index in [1.54, 1.807) is 22.7 Å². The van der Waals surface area contributed by atoms with E-state index in [1.807, 2.05) is 11.3 Å². The Morgan fingerprint density at radius 2 is 1.79 bits per heavy atom. The molecule has 0 bridgehead atoms. The molecular formula is C16H16S3. The lowest BCUT2D eigenvalue weighted by molar-refractivity contribution is 0.804. The minimum atomic E-state index is 1.22. The van der Waals surface area contributed by atoms with Gasteiger partial charge in [-0.25, -0.2) is 0 Å². The maximum absolute atomic E-state index is 2.37. The first-order valence-corrected chi connectivity index (χ1v) is 9.31. The summed E-state index contributed by atoms with van der Waals surface area (Å²) < 4.78 is 0. The van der Waals surface area contributed by atoms with Crippen LogP contribution in [0, 0.1) is 0 Å². The number of rotatable bonds is 5. The van der Waals surface area contributed by atoms with Crippen molar-refractivity contribution in [2.45, 2.75) is 26.2 Å². The summed E-state index contributed by atoms with van der Waals surface area (Å²) in [5, 5.41) is 11.2. The minimum Gasteiger partial charge on any atom is -0.152 e. The quantitative estimate of drug-likeness (QED) is 0.501. The van der Waals surface area contributed by atoms with Crippen molar-refractivity contribution in [3.05, 3.63) is 43.9 Å². The molecule has 0 aliphatic rings. The van der Waals surface area contributed by atoms with E-state index in [1.165, 1.54) is 46.4 Å². The van der Waals surface area contributed by atoms with Crippen molar-refractivity contribution in [1.29, 1.82) is 0 Å². The predicted octanol–water partition coefficient (Wildman–Crippen LogP) is 6.55. The van der Waals surface area contributed by atoms with Gasteiger partial charge in [0, 0.05) is 16.0 Å². The Kier molecular flexibility index (Phi) is 4.16. The molecule has 0 spiro atoms. The number of hydrogen-bond donors (Lipinski definition) is 0. The lowest BCUT2D eigenvalue weighted by Gasteiger charge is -1.99. The van der Waals surface area contributed by atoms with E-state index < -0.39 is 0 Å². The van der Waals surface area contributed by atoms with Gasteiger partial charge in [0.1, 0.15) is 0 Å². The third-order valence-corrected chi connectivity index (χ3v) is 5.66. The Labute approximate surface area is 126 Å². The molecule has 0 unspecified atom stereocenters. The number of thiophene rings is 3. The van der Waals surface area contributed by atoms with Crippen LogP contribution in [0.2, 0.25) is 0 Å². The normalized spacial score (nSPS) is 11.0. The average Bonchev–Trinajstić information content (AvgIpc) is 3.14. The highest BCUT2D eigenvalue weighted by atomic mass is 32.1. The standard InChI is InChI=1S/C16H16S3/c1-2-3-4-14-7-13(9-19-14)16-11-18-10-15(16)12-5-6-17-8-12/h5-11H,2-4H2,1H3. The highest BCUT2D eigenvalue weighted by molar-refractivity contribution is 7.11. The van der Waals surface area contributed by atoms with Crippen LogP contribution >= 0.6 is 34.0 Å². The summed E-state index contributed by atoms with van der Waals surface area (Å²) in [5.41, 5.74) is 5.51. The molecule has 3 heterocycles. The van der Waals surface area contributed by atoms with Gasteiger partial charge in [-0.15, -0.1) is 11.3 Å². The van der Waals surface area contributed by atoms with Crippen LogP contribution in [-0.2, 0) is 6.42 Å². The Balaban J connectivity index is 1.90. The summed E-state index contributed by atoms with van der Waals surface area (Å²) in [6.45, 7) is 2.25. The van der Waals surface area contributed by atoms with Crippen molar-refractivity contribution in [3.63, 3.8) is 0 Å². The number of hydrogen-bond acceptors (Lipinski definition) is 3. The molecule has 0 radical (unpaired) electrons. The van der Waals surface area contributed by atoms with Crippen LogP contribution in [0.5, 0.6) is 0 Å². The molecule has 3 heteroatoms. The lowest BCUT2D eigenvalue weighted by atomic mass is 10.0. The van der Waals surface area contributed by atoms with E-state index in [-0.39, 0.29) is 0 Å². The zero-order valence-corrected chi connectivity index (χ0v) is 13.3. The average molecular weight is 305 g/mol. The summed E-state index contributed by atoms with van der Waals surface area (Å²) >= 11 is 5.46. The molecule has 0 amide bonds. The summed E-state index contributed by atoms with van der Waals surface area (Å²) in [4.78, 5) is 1.51. The van der Waals surface area contributed by atoms with Crippen LogP contribution < -0.4 is 0 Å². The van der Waals surface area contributed by atoms with Crippen LogP contribution in [0.4, 0.5) is 0 Å². The van der Waals surface area contributed by atoms with Gasteiger partial charge < -0.3 is 0 Å². The molecule has 3 rings (SSSR count). The van der Waals surface area contributed by atoms with Crippen molar-refractivity contribution in [2.75, 3.05) is 0 Å². The van der Waals surface area contributed by atoms with Gasteiger partial charge in [0.2, 0.25) is 0 Å². The molecular weight excluding hydrogens is 288 g/mol. The Morgan fingerprint density at radius 1 is 0.947 bits per heavy atom. The van der Waals surface area contributed by atoms with Crippen LogP contribution in [-0.4, -0.2) is 0 Å². The summed E-state index contributed by atoms with van der Waals surface area (Å²) in [6, 6.07) is 4.58. The van der Waals surface area contributed by atoms with Gasteiger partial charge in [-0.05, 0) is 63.0 Å². The molecule has 19 heavy (non-hydrogen) atoms. The molecule has 0 saturated carbocycles. The van der Waals surface area contributed by atoms with Crippen LogP contribution in [0.25, 0.3) is 22.3 Å². The van der Waals surface area contributed by atoms with Gasteiger partial charge in [0.15, 0.2) is 0 Å². The topological polar surface area (TPSA) is 0 Å². The molecule has 3 aromatic heterocycles. The maximum Gasteiger partial charge on any atom is 0.00516 e. The van der Waals surface area contributed by atoms with E-state index in [0.29, 0.717) is 0 Å². The zero-order valence-electron chi connectivity index (χ0n) is 10.9. The van der Waals surface area contributed by atoms with Crippen LogP contribution in [0.3, 0.4) is 0 Å². The molecule has 0 aliphatic heterocycles. The molecule has 0 nitrogen and oxygen atoms in total. The second-order valence-corrected chi connectivity index (χ2v) is 7.14. The predicted molar refractivity (Wildman–Crippen MR) is 89.6 cm³/mol. The SMILES string of the molecule is CCCCc1cc(-c2cscc2-c2ccsc2)cs1. The monoisotopic (exact) mass is 304 g/mol. The van der Waals surface area contributed by atoms with E-state index in [0.717, 1.165) is 0 Å². The molecule has 0 aromatic carbocycles. The van der Waals surface area contributed by atoms with Crippen LogP contribution in [0.1, 0.15) is 24.6 Å². The van der Waals surface area contributed by atoms with E-state index >= 15 is 0 Å². The Morgan fingerprint density at radius 3 is 2.53 bits per heavy atom. The molecule has 3 aromatic rings. The molecule has 0 fully saturated rings. The fraction of sp³-hybridized carbons (Fsp3) is 0.250. The Bertz CT molecular complexity index is 629. The van der Waals surface area contributed by atoms with Gasteiger partial charge in [-0.1, -0.05) is 13.3 Å². The molecule has 0 saturated heterocycles. The molecule has 0 aliphatic carbocycles. The van der Waals surface area contributed by atoms with Crippen molar-refractivity contribution in [3.8, 4) is 22.3 Å². The van der Waals surface area contributed by atoms with Gasteiger partial charge >= 0.3 is 0 Å². The van der Waals surface area contributed by atoms with E-state index in [9.17, 15) is 0 Å². The fourth-order valence-corrected chi connectivity index (χ4v) is 4.62. The molecule has 0 N–H and O–H groups in total. The smallest absolute Gasteiger partial charge is 0.00516 e. The Hall–Kier alpha value is -0.900. The van der Waals surface area contributed by atoms with Crippen molar-refractivity contribution >= 4 is 34.0 Å². The largest absolute Gasteiger partial charge is 0.152 e.